The summed E-state index contributed by atoms with van der Waals surface area (Å²) >= 11 is 6.13. The molecule has 0 bridgehead atoms. The van der Waals surface area contributed by atoms with Crippen LogP contribution in [0.3, 0.4) is 0 Å². The maximum absolute atomic E-state index is 13.9. The van der Waals surface area contributed by atoms with Crippen LogP contribution in [0.25, 0.3) is 0 Å². The Morgan fingerprint density at radius 3 is 2.53 bits per heavy atom. The summed E-state index contributed by atoms with van der Waals surface area (Å²) < 4.78 is 13.9. The second-order valence-electron chi connectivity index (χ2n) is 5.55. The molecule has 0 amide bonds. The molecule has 1 aliphatic carbocycles. The van der Waals surface area contributed by atoms with E-state index in [0.29, 0.717) is 29.0 Å². The minimum absolute atomic E-state index is 0.179. The Balaban J connectivity index is 2.09. The number of benzene rings is 1. The molecule has 1 aromatic carbocycles. The van der Waals surface area contributed by atoms with Gasteiger partial charge in [-0.15, -0.1) is 0 Å². The second kappa shape index (κ2) is 7.25. The van der Waals surface area contributed by atoms with Crippen molar-refractivity contribution in [3.05, 3.63) is 34.6 Å². The highest BCUT2D eigenvalue weighted by Crippen LogP contribution is 2.29. The lowest BCUT2D eigenvalue weighted by atomic mass is 9.87. The quantitative estimate of drug-likeness (QED) is 0.798. The first-order chi connectivity index (χ1) is 9.22. The molecule has 1 atom stereocenters. The van der Waals surface area contributed by atoms with Crippen LogP contribution in [0.4, 0.5) is 4.39 Å². The Labute approximate surface area is 120 Å². The largest absolute Gasteiger partial charge is 0.316 e. The van der Waals surface area contributed by atoms with Gasteiger partial charge in [-0.2, -0.15) is 0 Å². The first-order valence-corrected chi connectivity index (χ1v) is 7.70. The minimum Gasteiger partial charge on any atom is -0.316 e. The summed E-state index contributed by atoms with van der Waals surface area (Å²) in [7, 11) is 1.98. The van der Waals surface area contributed by atoms with E-state index in [2.05, 4.69) is 5.32 Å². The molecule has 0 spiro atoms. The number of likely N-dealkylation sites (N-methyl/N-ethyl adjacent to an activating group) is 1. The zero-order chi connectivity index (χ0) is 13.7. The number of nitrogens with one attached hydrogen (secondary N) is 1. The van der Waals surface area contributed by atoms with E-state index >= 15 is 0 Å². The number of halogens is 2. The summed E-state index contributed by atoms with van der Waals surface area (Å²) in [5.41, 5.74) is 0.660. The summed E-state index contributed by atoms with van der Waals surface area (Å²) in [6.07, 6.45) is 8.46. The van der Waals surface area contributed by atoms with Crippen LogP contribution in [0, 0.1) is 11.7 Å². The van der Waals surface area contributed by atoms with Gasteiger partial charge in [0.05, 0.1) is 0 Å². The Morgan fingerprint density at radius 2 is 1.95 bits per heavy atom. The highest BCUT2D eigenvalue weighted by atomic mass is 35.5. The molecule has 2 rings (SSSR count). The standard InChI is InChI=1S/C16H23ClFN/c1-19-16(12-7-4-2-3-5-8-12)11-13-14(17)9-6-10-15(13)18/h6,9-10,12,16,19H,2-5,7-8,11H2,1H3. The van der Waals surface area contributed by atoms with Gasteiger partial charge in [0.25, 0.3) is 0 Å². The highest BCUT2D eigenvalue weighted by Gasteiger charge is 2.23. The lowest BCUT2D eigenvalue weighted by Crippen LogP contribution is -2.35. The Morgan fingerprint density at radius 1 is 1.26 bits per heavy atom. The van der Waals surface area contributed by atoms with Crippen LogP contribution < -0.4 is 5.32 Å². The summed E-state index contributed by atoms with van der Waals surface area (Å²) in [4.78, 5) is 0. The van der Waals surface area contributed by atoms with Crippen LogP contribution in [0.1, 0.15) is 44.1 Å². The van der Waals surface area contributed by atoms with Gasteiger partial charge in [-0.1, -0.05) is 43.4 Å². The van der Waals surface area contributed by atoms with Crippen molar-refractivity contribution < 1.29 is 4.39 Å². The molecule has 3 heteroatoms. The summed E-state index contributed by atoms with van der Waals surface area (Å²) in [6, 6.07) is 5.27. The molecule has 0 aromatic heterocycles. The first-order valence-electron chi connectivity index (χ1n) is 7.32. The topological polar surface area (TPSA) is 12.0 Å². The van der Waals surface area contributed by atoms with Crippen LogP contribution in [-0.2, 0) is 6.42 Å². The van der Waals surface area contributed by atoms with Gasteiger partial charge in [-0.3, -0.25) is 0 Å². The summed E-state index contributed by atoms with van der Waals surface area (Å²) in [6.45, 7) is 0. The molecule has 1 N–H and O–H groups in total. The molecule has 1 saturated carbocycles. The lowest BCUT2D eigenvalue weighted by Gasteiger charge is -2.26. The predicted octanol–water partition coefficient (Wildman–Crippen LogP) is 4.58. The van der Waals surface area contributed by atoms with Gasteiger partial charge in [-0.05, 0) is 44.4 Å². The molecule has 1 aliphatic rings. The normalized spacial score (nSPS) is 19.1. The SMILES string of the molecule is CNC(Cc1c(F)cccc1Cl)C1CCCCCC1. The first kappa shape index (κ1) is 14.8. The van der Waals surface area contributed by atoms with E-state index in [-0.39, 0.29) is 5.82 Å². The zero-order valence-corrected chi connectivity index (χ0v) is 12.3. The Bertz CT molecular complexity index is 379. The van der Waals surface area contributed by atoms with E-state index in [1.807, 2.05) is 7.05 Å². The fraction of sp³-hybridized carbons (Fsp3) is 0.625. The van der Waals surface area contributed by atoms with E-state index in [1.165, 1.54) is 44.6 Å². The van der Waals surface area contributed by atoms with Crippen molar-refractivity contribution in [3.8, 4) is 0 Å². The van der Waals surface area contributed by atoms with E-state index in [4.69, 9.17) is 11.6 Å². The van der Waals surface area contributed by atoms with Gasteiger partial charge in [0.2, 0.25) is 0 Å². The highest BCUT2D eigenvalue weighted by molar-refractivity contribution is 6.31. The molecule has 0 radical (unpaired) electrons. The smallest absolute Gasteiger partial charge is 0.127 e. The van der Waals surface area contributed by atoms with E-state index < -0.39 is 0 Å². The van der Waals surface area contributed by atoms with E-state index in [0.717, 1.165) is 0 Å². The van der Waals surface area contributed by atoms with Gasteiger partial charge in [0.1, 0.15) is 5.82 Å². The predicted molar refractivity (Wildman–Crippen MR) is 79.2 cm³/mol. The third kappa shape index (κ3) is 3.93. The van der Waals surface area contributed by atoms with Crippen molar-refractivity contribution in [2.75, 3.05) is 7.05 Å². The molecule has 0 aliphatic heterocycles. The molecule has 0 saturated heterocycles. The molecule has 1 nitrogen and oxygen atoms in total. The number of hydrogen-bond donors (Lipinski definition) is 1. The second-order valence-corrected chi connectivity index (χ2v) is 5.96. The minimum atomic E-state index is -0.179. The van der Waals surface area contributed by atoms with Gasteiger partial charge < -0.3 is 5.32 Å². The molecule has 1 aromatic rings. The average molecular weight is 284 g/mol. The lowest BCUT2D eigenvalue weighted by molar-refractivity contribution is 0.330. The third-order valence-electron chi connectivity index (χ3n) is 4.33. The van der Waals surface area contributed by atoms with E-state index in [9.17, 15) is 4.39 Å². The van der Waals surface area contributed by atoms with Gasteiger partial charge in [0, 0.05) is 16.6 Å². The van der Waals surface area contributed by atoms with Crippen LogP contribution in [0.2, 0.25) is 5.02 Å². The third-order valence-corrected chi connectivity index (χ3v) is 4.68. The monoisotopic (exact) mass is 283 g/mol. The van der Waals surface area contributed by atoms with Crippen LogP contribution in [0.5, 0.6) is 0 Å². The fourth-order valence-electron chi connectivity index (χ4n) is 3.16. The summed E-state index contributed by atoms with van der Waals surface area (Å²) in [5, 5.41) is 3.93. The van der Waals surface area contributed by atoms with Crippen molar-refractivity contribution >= 4 is 11.6 Å². The van der Waals surface area contributed by atoms with Gasteiger partial charge in [0.15, 0.2) is 0 Å². The van der Waals surface area contributed by atoms with Crippen molar-refractivity contribution in [2.45, 2.75) is 51.0 Å². The molecule has 106 valence electrons. The molecule has 1 unspecified atom stereocenters. The molecule has 1 fully saturated rings. The van der Waals surface area contributed by atoms with E-state index in [1.54, 1.807) is 12.1 Å². The maximum atomic E-state index is 13.9. The van der Waals surface area contributed by atoms with Gasteiger partial charge >= 0.3 is 0 Å². The Hall–Kier alpha value is -0.600. The molecule has 19 heavy (non-hydrogen) atoms. The summed E-state index contributed by atoms with van der Waals surface area (Å²) in [5.74, 6) is 0.463. The van der Waals surface area contributed by atoms with Gasteiger partial charge in [-0.25, -0.2) is 4.39 Å². The molecule has 0 heterocycles. The molecular formula is C16H23ClFN. The number of rotatable bonds is 4. The van der Waals surface area contributed by atoms with Crippen LogP contribution in [0.15, 0.2) is 18.2 Å². The van der Waals surface area contributed by atoms with Crippen molar-refractivity contribution in [1.29, 1.82) is 0 Å². The van der Waals surface area contributed by atoms with Crippen molar-refractivity contribution in [2.24, 2.45) is 5.92 Å². The molecular weight excluding hydrogens is 261 g/mol. The maximum Gasteiger partial charge on any atom is 0.127 e. The Kier molecular flexibility index (Phi) is 5.65. The van der Waals surface area contributed by atoms with Crippen LogP contribution >= 0.6 is 11.6 Å². The van der Waals surface area contributed by atoms with Crippen molar-refractivity contribution in [1.82, 2.24) is 5.32 Å². The zero-order valence-electron chi connectivity index (χ0n) is 11.6. The van der Waals surface area contributed by atoms with Crippen molar-refractivity contribution in [3.63, 3.8) is 0 Å². The van der Waals surface area contributed by atoms with Crippen LogP contribution in [-0.4, -0.2) is 13.1 Å². The average Bonchev–Trinajstić information content (AvgIpc) is 2.67. The fourth-order valence-corrected chi connectivity index (χ4v) is 3.41. The number of hydrogen-bond acceptors (Lipinski definition) is 1.